The highest BCUT2D eigenvalue weighted by Crippen LogP contribution is 2.13. The van der Waals surface area contributed by atoms with E-state index in [9.17, 15) is 9.59 Å². The second-order valence-electron chi connectivity index (χ2n) is 3.35. The molecular formula is C11H14N2O2. The van der Waals surface area contributed by atoms with Crippen LogP contribution in [-0.4, -0.2) is 11.8 Å². The number of rotatable bonds is 4. The van der Waals surface area contributed by atoms with E-state index in [-0.39, 0.29) is 0 Å². The second kappa shape index (κ2) is 4.59. The van der Waals surface area contributed by atoms with E-state index in [1.807, 2.05) is 6.92 Å². The first kappa shape index (κ1) is 11.2. The molecule has 4 N–H and O–H groups in total. The molecular weight excluding hydrogens is 192 g/mol. The highest BCUT2D eigenvalue weighted by atomic mass is 16.1. The number of benzene rings is 1. The third-order valence-corrected chi connectivity index (χ3v) is 2.17. The molecule has 15 heavy (non-hydrogen) atoms. The summed E-state index contributed by atoms with van der Waals surface area (Å²) in [6.07, 6.45) is 1.59. The van der Waals surface area contributed by atoms with Crippen LogP contribution in [0.2, 0.25) is 0 Å². The first-order chi connectivity index (χ1) is 7.06. The minimum atomic E-state index is -0.497. The van der Waals surface area contributed by atoms with E-state index in [1.54, 1.807) is 12.1 Å². The summed E-state index contributed by atoms with van der Waals surface area (Å²) in [4.78, 5) is 22.0. The Morgan fingerprint density at radius 1 is 1.20 bits per heavy atom. The van der Waals surface area contributed by atoms with Crippen LogP contribution in [0.25, 0.3) is 0 Å². The molecule has 4 heteroatoms. The summed E-state index contributed by atoms with van der Waals surface area (Å²) in [7, 11) is 0. The Morgan fingerprint density at radius 2 is 1.87 bits per heavy atom. The largest absolute Gasteiger partial charge is 0.366 e. The van der Waals surface area contributed by atoms with Crippen molar-refractivity contribution >= 4 is 11.8 Å². The van der Waals surface area contributed by atoms with Gasteiger partial charge in [-0.15, -0.1) is 0 Å². The van der Waals surface area contributed by atoms with Crippen LogP contribution in [0.3, 0.4) is 0 Å². The third kappa shape index (κ3) is 2.56. The van der Waals surface area contributed by atoms with Crippen molar-refractivity contribution < 1.29 is 9.59 Å². The molecule has 0 saturated heterocycles. The lowest BCUT2D eigenvalue weighted by molar-refractivity contribution is 0.0987. The number of hydrogen-bond acceptors (Lipinski definition) is 2. The molecule has 0 unspecified atom stereocenters. The van der Waals surface area contributed by atoms with E-state index in [4.69, 9.17) is 11.5 Å². The van der Waals surface area contributed by atoms with Crippen LogP contribution in [0.1, 0.15) is 39.6 Å². The van der Waals surface area contributed by atoms with Gasteiger partial charge in [-0.3, -0.25) is 9.59 Å². The van der Waals surface area contributed by atoms with E-state index >= 15 is 0 Å². The molecule has 0 bridgehead atoms. The molecule has 1 aromatic carbocycles. The summed E-state index contributed by atoms with van der Waals surface area (Å²) >= 11 is 0. The molecule has 2 amide bonds. The maximum Gasteiger partial charge on any atom is 0.248 e. The summed E-state index contributed by atoms with van der Waals surface area (Å²) in [6.45, 7) is 1.99. The number of nitrogens with two attached hydrogens (primary N) is 2. The van der Waals surface area contributed by atoms with E-state index in [0.29, 0.717) is 17.5 Å². The molecule has 0 fully saturated rings. The van der Waals surface area contributed by atoms with Gasteiger partial charge in [-0.25, -0.2) is 0 Å². The molecule has 0 aliphatic carbocycles. The molecule has 0 saturated carbocycles. The van der Waals surface area contributed by atoms with Crippen LogP contribution in [0.15, 0.2) is 18.2 Å². The Balaban J connectivity index is 3.20. The first-order valence-electron chi connectivity index (χ1n) is 4.78. The number of hydrogen-bond donors (Lipinski definition) is 2. The van der Waals surface area contributed by atoms with Gasteiger partial charge < -0.3 is 11.5 Å². The first-order valence-corrected chi connectivity index (χ1v) is 4.78. The van der Waals surface area contributed by atoms with Crippen molar-refractivity contribution in [3.63, 3.8) is 0 Å². The van der Waals surface area contributed by atoms with Crippen molar-refractivity contribution in [3.8, 4) is 0 Å². The molecule has 1 aromatic rings. The average Bonchev–Trinajstić information content (AvgIpc) is 2.17. The van der Waals surface area contributed by atoms with Crippen molar-refractivity contribution in [2.45, 2.75) is 19.8 Å². The minimum Gasteiger partial charge on any atom is -0.366 e. The summed E-state index contributed by atoms with van der Waals surface area (Å²) in [5, 5.41) is 0. The van der Waals surface area contributed by atoms with Gasteiger partial charge >= 0.3 is 0 Å². The maximum atomic E-state index is 11.1. The average molecular weight is 206 g/mol. The molecule has 80 valence electrons. The molecule has 0 aliphatic heterocycles. The summed E-state index contributed by atoms with van der Waals surface area (Å²) < 4.78 is 0. The standard InChI is InChI=1S/C11H14N2O2/c1-2-3-7-6-8(10(12)14)4-5-9(7)11(13)15/h4-6H,2-3H2,1H3,(H2,12,14)(H2,13,15). The molecule has 0 aliphatic rings. The highest BCUT2D eigenvalue weighted by molar-refractivity contribution is 5.97. The van der Waals surface area contributed by atoms with Crippen LogP contribution < -0.4 is 11.5 Å². The lowest BCUT2D eigenvalue weighted by Crippen LogP contribution is -2.16. The van der Waals surface area contributed by atoms with Gasteiger partial charge in [0.1, 0.15) is 0 Å². The van der Waals surface area contributed by atoms with Gasteiger partial charge in [0.2, 0.25) is 11.8 Å². The number of amides is 2. The number of carbonyl (C=O) groups excluding carboxylic acids is 2. The SMILES string of the molecule is CCCc1cc(C(N)=O)ccc1C(N)=O. The Hall–Kier alpha value is -1.84. The van der Waals surface area contributed by atoms with Gasteiger partial charge in [-0.1, -0.05) is 13.3 Å². The summed E-state index contributed by atoms with van der Waals surface area (Å²) in [5.41, 5.74) is 12.0. The molecule has 0 spiro atoms. The second-order valence-corrected chi connectivity index (χ2v) is 3.35. The fraction of sp³-hybridized carbons (Fsp3) is 0.273. The fourth-order valence-corrected chi connectivity index (χ4v) is 1.46. The maximum absolute atomic E-state index is 11.1. The normalized spacial score (nSPS) is 9.93. The fourth-order valence-electron chi connectivity index (χ4n) is 1.46. The van der Waals surface area contributed by atoms with Crippen LogP contribution >= 0.6 is 0 Å². The van der Waals surface area contributed by atoms with Gasteiger partial charge in [0.05, 0.1) is 0 Å². The van der Waals surface area contributed by atoms with E-state index < -0.39 is 11.8 Å². The number of primary amides is 2. The van der Waals surface area contributed by atoms with Gasteiger partial charge in [0, 0.05) is 11.1 Å². The topological polar surface area (TPSA) is 86.2 Å². The molecule has 0 radical (unpaired) electrons. The number of carbonyl (C=O) groups is 2. The van der Waals surface area contributed by atoms with Crippen LogP contribution in [0.4, 0.5) is 0 Å². The van der Waals surface area contributed by atoms with Crippen molar-refractivity contribution in [1.29, 1.82) is 0 Å². The Kier molecular flexibility index (Phi) is 3.44. The van der Waals surface area contributed by atoms with Gasteiger partial charge in [-0.2, -0.15) is 0 Å². The molecule has 4 nitrogen and oxygen atoms in total. The molecule has 1 rings (SSSR count). The molecule has 0 heterocycles. The zero-order valence-electron chi connectivity index (χ0n) is 8.62. The predicted octanol–water partition coefficient (Wildman–Crippen LogP) is 0.837. The monoisotopic (exact) mass is 206 g/mol. The van der Waals surface area contributed by atoms with Gasteiger partial charge in [0.15, 0.2) is 0 Å². The summed E-state index contributed by atoms with van der Waals surface area (Å²) in [5.74, 6) is -0.974. The molecule has 0 aromatic heterocycles. The van der Waals surface area contributed by atoms with Crippen molar-refractivity contribution in [2.75, 3.05) is 0 Å². The zero-order valence-corrected chi connectivity index (χ0v) is 8.62. The van der Waals surface area contributed by atoms with Crippen LogP contribution in [0, 0.1) is 0 Å². The van der Waals surface area contributed by atoms with Crippen molar-refractivity contribution in [1.82, 2.24) is 0 Å². The van der Waals surface area contributed by atoms with E-state index in [0.717, 1.165) is 12.0 Å². The van der Waals surface area contributed by atoms with Crippen molar-refractivity contribution in [3.05, 3.63) is 34.9 Å². The molecule has 0 atom stereocenters. The number of aryl methyl sites for hydroxylation is 1. The van der Waals surface area contributed by atoms with Crippen LogP contribution in [0.5, 0.6) is 0 Å². The quantitative estimate of drug-likeness (QED) is 0.764. The Labute approximate surface area is 88.3 Å². The lowest BCUT2D eigenvalue weighted by atomic mass is 9.99. The van der Waals surface area contributed by atoms with Crippen molar-refractivity contribution in [2.24, 2.45) is 11.5 Å². The highest BCUT2D eigenvalue weighted by Gasteiger charge is 2.10. The third-order valence-electron chi connectivity index (χ3n) is 2.17. The van der Waals surface area contributed by atoms with E-state index in [2.05, 4.69) is 0 Å². The van der Waals surface area contributed by atoms with E-state index in [1.165, 1.54) is 6.07 Å². The Bertz CT molecular complexity index is 400. The Morgan fingerprint density at radius 3 is 2.33 bits per heavy atom. The predicted molar refractivity (Wildman–Crippen MR) is 57.5 cm³/mol. The zero-order chi connectivity index (χ0) is 11.4. The lowest BCUT2D eigenvalue weighted by Gasteiger charge is -2.06. The minimum absolute atomic E-state index is 0.406. The van der Waals surface area contributed by atoms with Crippen LogP contribution in [-0.2, 0) is 6.42 Å². The summed E-state index contributed by atoms with van der Waals surface area (Å²) in [6, 6.07) is 4.70. The van der Waals surface area contributed by atoms with Gasteiger partial charge in [-0.05, 0) is 30.2 Å². The smallest absolute Gasteiger partial charge is 0.248 e. The van der Waals surface area contributed by atoms with Gasteiger partial charge in [0.25, 0.3) is 0 Å².